The standard InChI is InChI=1S/C25H28N4O4S/c1-15-21-22(27-14-26-15)29-18-11-17(13-32-20-9-5-6-10-31-20)19(12-18)24(34-25(29)28-21)33-23(30)16-7-3-2-4-8-16/h2-4,7-8,14,17-20,24H,5-6,9-13H2,1H3/t17-,18-,19-,20?,24?/m0/s1. The van der Waals surface area contributed by atoms with Crippen molar-refractivity contribution in [2.75, 3.05) is 13.2 Å². The van der Waals surface area contributed by atoms with Crippen molar-refractivity contribution >= 4 is 28.9 Å². The second-order valence-corrected chi connectivity index (χ2v) is 10.4. The van der Waals surface area contributed by atoms with E-state index >= 15 is 0 Å². The molecule has 0 N–H and O–H groups in total. The van der Waals surface area contributed by atoms with Gasteiger partial charge in [-0.25, -0.2) is 19.7 Å². The second kappa shape index (κ2) is 9.28. The number of benzene rings is 1. The maximum absolute atomic E-state index is 13.0. The van der Waals surface area contributed by atoms with Gasteiger partial charge in [0.15, 0.2) is 22.5 Å². The van der Waals surface area contributed by atoms with E-state index in [1.807, 2.05) is 25.1 Å². The van der Waals surface area contributed by atoms with E-state index in [-0.39, 0.29) is 35.6 Å². The lowest BCUT2D eigenvalue weighted by atomic mass is 9.97. The molecule has 2 aliphatic heterocycles. The van der Waals surface area contributed by atoms with Crippen LogP contribution in [0.5, 0.6) is 0 Å². The summed E-state index contributed by atoms with van der Waals surface area (Å²) in [6, 6.07) is 9.40. The Morgan fingerprint density at radius 3 is 2.91 bits per heavy atom. The molecule has 3 aromatic rings. The highest BCUT2D eigenvalue weighted by atomic mass is 32.2. The van der Waals surface area contributed by atoms with Crippen LogP contribution < -0.4 is 0 Å². The Bertz CT molecular complexity index is 1180. The molecule has 1 saturated heterocycles. The third kappa shape index (κ3) is 4.10. The third-order valence-corrected chi connectivity index (χ3v) is 8.33. The van der Waals surface area contributed by atoms with Crippen LogP contribution in [-0.4, -0.2) is 50.4 Å². The number of hydrogen-bond acceptors (Lipinski definition) is 8. The molecular formula is C25H28N4O4S. The molecule has 178 valence electrons. The molecule has 1 aliphatic carbocycles. The van der Waals surface area contributed by atoms with Crippen LogP contribution in [0.1, 0.15) is 54.2 Å². The minimum absolute atomic E-state index is 0.130. The van der Waals surface area contributed by atoms with Crippen LogP contribution >= 0.6 is 11.8 Å². The van der Waals surface area contributed by atoms with Crippen LogP contribution in [0.25, 0.3) is 11.2 Å². The van der Waals surface area contributed by atoms with Crippen LogP contribution in [0.3, 0.4) is 0 Å². The fourth-order valence-corrected chi connectivity index (χ4v) is 6.75. The van der Waals surface area contributed by atoms with Crippen molar-refractivity contribution < 1.29 is 19.0 Å². The Kier molecular flexibility index (Phi) is 6.01. The van der Waals surface area contributed by atoms with Crippen molar-refractivity contribution in [2.45, 2.75) is 62.0 Å². The van der Waals surface area contributed by atoms with E-state index in [2.05, 4.69) is 14.5 Å². The predicted octanol–water partition coefficient (Wildman–Crippen LogP) is 4.53. The summed E-state index contributed by atoms with van der Waals surface area (Å²) in [5.41, 5.74) is 2.72. The topological polar surface area (TPSA) is 88.4 Å². The largest absolute Gasteiger partial charge is 0.447 e. The van der Waals surface area contributed by atoms with Gasteiger partial charge in [-0.2, -0.15) is 0 Å². The summed E-state index contributed by atoms with van der Waals surface area (Å²) >= 11 is 1.52. The number of thioether (sulfide) groups is 1. The number of nitrogens with zero attached hydrogens (tertiary/aromatic N) is 4. The summed E-state index contributed by atoms with van der Waals surface area (Å²) < 4.78 is 20.4. The number of carbonyl (C=O) groups is 1. The van der Waals surface area contributed by atoms with E-state index in [4.69, 9.17) is 19.2 Å². The average Bonchev–Trinajstić information content (AvgIpc) is 3.41. The zero-order valence-corrected chi connectivity index (χ0v) is 19.9. The number of esters is 1. The highest BCUT2D eigenvalue weighted by molar-refractivity contribution is 7.99. The molecule has 9 heteroatoms. The summed E-state index contributed by atoms with van der Waals surface area (Å²) in [6.45, 7) is 3.31. The molecule has 0 amide bonds. The second-order valence-electron chi connectivity index (χ2n) is 9.33. The fourth-order valence-electron chi connectivity index (χ4n) is 5.40. The Morgan fingerprint density at radius 2 is 2.09 bits per heavy atom. The monoisotopic (exact) mass is 480 g/mol. The van der Waals surface area contributed by atoms with Gasteiger partial charge in [0.25, 0.3) is 0 Å². The van der Waals surface area contributed by atoms with Gasteiger partial charge in [0.2, 0.25) is 0 Å². The number of fused-ring (bicyclic) bond motifs is 6. The van der Waals surface area contributed by atoms with Gasteiger partial charge >= 0.3 is 5.97 Å². The zero-order valence-electron chi connectivity index (χ0n) is 19.1. The van der Waals surface area contributed by atoms with Crippen molar-refractivity contribution in [2.24, 2.45) is 11.8 Å². The maximum atomic E-state index is 13.0. The number of imidazole rings is 1. The molecule has 2 fully saturated rings. The van der Waals surface area contributed by atoms with Crippen LogP contribution in [0.15, 0.2) is 41.8 Å². The van der Waals surface area contributed by atoms with Gasteiger partial charge in [-0.3, -0.25) is 0 Å². The molecule has 4 heterocycles. The Labute approximate surface area is 202 Å². The van der Waals surface area contributed by atoms with E-state index < -0.39 is 0 Å². The molecule has 1 aromatic carbocycles. The van der Waals surface area contributed by atoms with Crippen LogP contribution in [0.4, 0.5) is 0 Å². The molecule has 8 nitrogen and oxygen atoms in total. The van der Waals surface area contributed by atoms with Gasteiger partial charge < -0.3 is 18.8 Å². The smallest absolute Gasteiger partial charge is 0.339 e. The number of carbonyl (C=O) groups excluding carboxylic acids is 1. The molecule has 2 bridgehead atoms. The Hall–Kier alpha value is -2.49. The summed E-state index contributed by atoms with van der Waals surface area (Å²) in [6.07, 6.45) is 6.46. The summed E-state index contributed by atoms with van der Waals surface area (Å²) in [4.78, 5) is 26.8. The highest BCUT2D eigenvalue weighted by Crippen LogP contribution is 2.51. The lowest BCUT2D eigenvalue weighted by Crippen LogP contribution is -2.31. The molecule has 2 aromatic heterocycles. The third-order valence-electron chi connectivity index (χ3n) is 7.16. The molecular weight excluding hydrogens is 452 g/mol. The maximum Gasteiger partial charge on any atom is 0.339 e. The van der Waals surface area contributed by atoms with Crippen LogP contribution in [-0.2, 0) is 14.2 Å². The molecule has 1 saturated carbocycles. The van der Waals surface area contributed by atoms with Crippen LogP contribution in [0.2, 0.25) is 0 Å². The number of aryl methyl sites for hydroxylation is 1. The zero-order chi connectivity index (χ0) is 23.1. The first-order valence-corrected chi connectivity index (χ1v) is 12.9. The normalized spacial score (nSPS) is 28.4. The summed E-state index contributed by atoms with van der Waals surface area (Å²) in [5, 5.41) is 0.840. The van der Waals surface area contributed by atoms with Crippen LogP contribution in [0, 0.1) is 18.8 Å². The minimum Gasteiger partial charge on any atom is -0.447 e. The molecule has 34 heavy (non-hydrogen) atoms. The summed E-state index contributed by atoms with van der Waals surface area (Å²) in [7, 11) is 0. The van der Waals surface area contributed by atoms with Crippen molar-refractivity contribution in [3.05, 3.63) is 47.9 Å². The Balaban J connectivity index is 1.31. The quantitative estimate of drug-likeness (QED) is 0.492. The van der Waals surface area contributed by atoms with Gasteiger partial charge in [-0.1, -0.05) is 18.2 Å². The first kappa shape index (κ1) is 22.0. The molecule has 0 spiro atoms. The Morgan fingerprint density at radius 1 is 1.21 bits per heavy atom. The predicted molar refractivity (Wildman–Crippen MR) is 126 cm³/mol. The molecule has 6 rings (SSSR count). The molecule has 0 radical (unpaired) electrons. The number of hydrogen-bond donors (Lipinski definition) is 0. The van der Waals surface area contributed by atoms with Gasteiger partial charge in [0.05, 0.1) is 17.9 Å². The molecule has 2 unspecified atom stereocenters. The first-order valence-electron chi connectivity index (χ1n) is 12.0. The van der Waals surface area contributed by atoms with Gasteiger partial charge in [-0.05, 0) is 68.8 Å². The van der Waals surface area contributed by atoms with E-state index in [1.165, 1.54) is 11.8 Å². The average molecular weight is 481 g/mol. The lowest BCUT2D eigenvalue weighted by molar-refractivity contribution is -0.171. The number of rotatable bonds is 5. The lowest BCUT2D eigenvalue weighted by Gasteiger charge is -2.30. The van der Waals surface area contributed by atoms with Crippen molar-refractivity contribution in [1.82, 2.24) is 19.5 Å². The number of ether oxygens (including phenoxy) is 3. The summed E-state index contributed by atoms with van der Waals surface area (Å²) in [5.74, 6) is 0.105. The SMILES string of the molecule is Cc1ncnc2c1nc1n2[C@H]2C[C@@H](COC3CCCCO3)[C@H](C2)C(OC(=O)c2ccccc2)S1. The van der Waals surface area contributed by atoms with Crippen molar-refractivity contribution in [1.29, 1.82) is 0 Å². The molecule has 3 aliphatic rings. The van der Waals surface area contributed by atoms with E-state index in [1.54, 1.807) is 18.5 Å². The first-order chi connectivity index (χ1) is 16.7. The van der Waals surface area contributed by atoms with E-state index in [0.29, 0.717) is 12.2 Å². The fraction of sp³-hybridized carbons (Fsp3) is 0.520. The minimum atomic E-state index is -0.357. The van der Waals surface area contributed by atoms with Gasteiger partial charge in [0.1, 0.15) is 11.8 Å². The van der Waals surface area contributed by atoms with E-state index in [0.717, 1.165) is 60.7 Å². The number of aromatic nitrogens is 4. The van der Waals surface area contributed by atoms with E-state index in [9.17, 15) is 4.79 Å². The van der Waals surface area contributed by atoms with Crippen molar-refractivity contribution in [3.8, 4) is 0 Å². The highest BCUT2D eigenvalue weighted by Gasteiger charge is 2.47. The molecule has 5 atom stereocenters. The van der Waals surface area contributed by atoms with Gasteiger partial charge in [0, 0.05) is 18.6 Å². The van der Waals surface area contributed by atoms with Crippen molar-refractivity contribution in [3.63, 3.8) is 0 Å². The van der Waals surface area contributed by atoms with Gasteiger partial charge in [-0.15, -0.1) is 0 Å².